The van der Waals surface area contributed by atoms with Gasteiger partial charge in [0.15, 0.2) is 0 Å². The summed E-state index contributed by atoms with van der Waals surface area (Å²) < 4.78 is 5.54. The van der Waals surface area contributed by atoms with Gasteiger partial charge in [0.2, 0.25) is 0 Å². The highest BCUT2D eigenvalue weighted by Crippen LogP contribution is 2.40. The monoisotopic (exact) mass is 324 g/mol. The Morgan fingerprint density at radius 1 is 1.17 bits per heavy atom. The number of halogens is 1. The van der Waals surface area contributed by atoms with Crippen LogP contribution in [0.1, 0.15) is 11.1 Å². The lowest BCUT2D eigenvalue weighted by Crippen LogP contribution is -2.12. The standard InChI is InChI=1S/C19H17ClN2O/c1-11-13-4-3-5-16-18(13)14(8-9-21-11)19(22-16)15-10-12(20)6-7-17(15)23-2/h3-7,10,21-22H,1,8-9H2,2H3. The highest BCUT2D eigenvalue weighted by atomic mass is 35.5. The van der Waals surface area contributed by atoms with Crippen molar-refractivity contribution < 1.29 is 4.74 Å². The quantitative estimate of drug-likeness (QED) is 0.722. The minimum atomic E-state index is 0.697. The minimum absolute atomic E-state index is 0.697. The van der Waals surface area contributed by atoms with Crippen LogP contribution in [-0.2, 0) is 6.42 Å². The van der Waals surface area contributed by atoms with Gasteiger partial charge in [-0.3, -0.25) is 0 Å². The smallest absolute Gasteiger partial charge is 0.128 e. The molecule has 3 nitrogen and oxygen atoms in total. The molecule has 3 aromatic rings. The number of aromatic amines is 1. The number of methoxy groups -OCH3 is 1. The number of nitrogens with one attached hydrogen (secondary N) is 2. The predicted octanol–water partition coefficient (Wildman–Crippen LogP) is 4.61. The van der Waals surface area contributed by atoms with E-state index in [-0.39, 0.29) is 0 Å². The van der Waals surface area contributed by atoms with Crippen molar-refractivity contribution in [2.45, 2.75) is 6.42 Å². The lowest BCUT2D eigenvalue weighted by molar-refractivity contribution is 0.416. The van der Waals surface area contributed by atoms with E-state index in [4.69, 9.17) is 16.3 Å². The van der Waals surface area contributed by atoms with Crippen LogP contribution >= 0.6 is 11.6 Å². The molecule has 4 rings (SSSR count). The maximum Gasteiger partial charge on any atom is 0.128 e. The molecular formula is C19H17ClN2O. The average molecular weight is 325 g/mol. The zero-order valence-electron chi connectivity index (χ0n) is 12.9. The molecule has 116 valence electrons. The van der Waals surface area contributed by atoms with E-state index in [0.717, 1.165) is 46.7 Å². The second-order valence-corrected chi connectivity index (χ2v) is 6.14. The van der Waals surface area contributed by atoms with Gasteiger partial charge in [0.25, 0.3) is 0 Å². The number of benzene rings is 2. The Hall–Kier alpha value is -2.39. The summed E-state index contributed by atoms with van der Waals surface area (Å²) in [6.07, 6.45) is 0.918. The minimum Gasteiger partial charge on any atom is -0.496 e. The van der Waals surface area contributed by atoms with Crippen LogP contribution < -0.4 is 10.1 Å². The largest absolute Gasteiger partial charge is 0.496 e. The molecular weight excluding hydrogens is 308 g/mol. The van der Waals surface area contributed by atoms with Gasteiger partial charge >= 0.3 is 0 Å². The van der Waals surface area contributed by atoms with Gasteiger partial charge in [-0.25, -0.2) is 0 Å². The second kappa shape index (κ2) is 5.36. The van der Waals surface area contributed by atoms with Gasteiger partial charge in [0.05, 0.1) is 12.8 Å². The number of aromatic nitrogens is 1. The molecule has 0 radical (unpaired) electrons. The SMILES string of the molecule is C=C1NCCc2c(-c3cc(Cl)ccc3OC)[nH]c3cccc1c23. The van der Waals surface area contributed by atoms with Crippen LogP contribution in [0.5, 0.6) is 5.75 Å². The van der Waals surface area contributed by atoms with E-state index in [1.54, 1.807) is 7.11 Å². The fourth-order valence-electron chi connectivity index (χ4n) is 3.36. The Labute approximate surface area is 139 Å². The maximum absolute atomic E-state index is 6.22. The van der Waals surface area contributed by atoms with Crippen LogP contribution in [0, 0.1) is 0 Å². The van der Waals surface area contributed by atoms with Crippen molar-refractivity contribution in [3.63, 3.8) is 0 Å². The summed E-state index contributed by atoms with van der Waals surface area (Å²) in [7, 11) is 1.68. The zero-order chi connectivity index (χ0) is 16.0. The molecule has 0 spiro atoms. The molecule has 2 heterocycles. The molecule has 0 bridgehead atoms. The first-order chi connectivity index (χ1) is 11.2. The number of hydrogen-bond donors (Lipinski definition) is 2. The summed E-state index contributed by atoms with van der Waals surface area (Å²) in [4.78, 5) is 3.55. The van der Waals surface area contributed by atoms with Gasteiger partial charge in [0.1, 0.15) is 5.75 Å². The number of rotatable bonds is 2. The summed E-state index contributed by atoms with van der Waals surface area (Å²) >= 11 is 6.22. The summed E-state index contributed by atoms with van der Waals surface area (Å²) in [5.74, 6) is 0.815. The van der Waals surface area contributed by atoms with E-state index in [0.29, 0.717) is 5.02 Å². The molecule has 0 aliphatic carbocycles. The third kappa shape index (κ3) is 2.20. The second-order valence-electron chi connectivity index (χ2n) is 5.71. The fourth-order valence-corrected chi connectivity index (χ4v) is 3.53. The highest BCUT2D eigenvalue weighted by molar-refractivity contribution is 6.31. The molecule has 0 amide bonds. The van der Waals surface area contributed by atoms with E-state index in [1.165, 1.54) is 10.9 Å². The van der Waals surface area contributed by atoms with Crippen molar-refractivity contribution in [2.24, 2.45) is 0 Å². The highest BCUT2D eigenvalue weighted by Gasteiger charge is 2.21. The van der Waals surface area contributed by atoms with Crippen LogP contribution in [0.2, 0.25) is 5.02 Å². The summed E-state index contributed by atoms with van der Waals surface area (Å²) in [5, 5.41) is 5.32. The van der Waals surface area contributed by atoms with Gasteiger partial charge in [-0.1, -0.05) is 30.3 Å². The molecule has 0 saturated carbocycles. The molecule has 0 atom stereocenters. The molecule has 1 aliphatic heterocycles. The Balaban J connectivity index is 2.06. The average Bonchev–Trinajstić information content (AvgIpc) is 2.84. The summed E-state index contributed by atoms with van der Waals surface area (Å²) in [6.45, 7) is 5.01. The van der Waals surface area contributed by atoms with Gasteiger partial charge < -0.3 is 15.0 Å². The number of hydrogen-bond acceptors (Lipinski definition) is 2. The van der Waals surface area contributed by atoms with Crippen LogP contribution in [0.3, 0.4) is 0 Å². The Morgan fingerprint density at radius 2 is 2.04 bits per heavy atom. The van der Waals surface area contributed by atoms with Gasteiger partial charge in [-0.15, -0.1) is 0 Å². The van der Waals surface area contributed by atoms with E-state index in [2.05, 4.69) is 35.1 Å². The van der Waals surface area contributed by atoms with Crippen LogP contribution in [0.25, 0.3) is 27.9 Å². The van der Waals surface area contributed by atoms with Crippen molar-refractivity contribution in [1.29, 1.82) is 0 Å². The van der Waals surface area contributed by atoms with E-state index in [1.807, 2.05) is 18.2 Å². The maximum atomic E-state index is 6.22. The Bertz CT molecular complexity index is 927. The van der Waals surface area contributed by atoms with Crippen molar-refractivity contribution in [3.05, 3.63) is 59.1 Å². The first-order valence-electron chi connectivity index (χ1n) is 7.59. The van der Waals surface area contributed by atoms with Crippen molar-refractivity contribution >= 4 is 28.2 Å². The number of ether oxygens (including phenoxy) is 1. The number of H-pyrrole nitrogens is 1. The van der Waals surface area contributed by atoms with Gasteiger partial charge in [-0.2, -0.15) is 0 Å². The Kier molecular flexibility index (Phi) is 3.31. The third-order valence-corrected chi connectivity index (χ3v) is 4.63. The zero-order valence-corrected chi connectivity index (χ0v) is 13.6. The van der Waals surface area contributed by atoms with Gasteiger partial charge in [-0.05, 0) is 36.2 Å². The Morgan fingerprint density at radius 3 is 2.87 bits per heavy atom. The third-order valence-electron chi connectivity index (χ3n) is 4.40. The van der Waals surface area contributed by atoms with Gasteiger partial charge in [0, 0.05) is 39.3 Å². The molecule has 0 unspecified atom stereocenters. The van der Waals surface area contributed by atoms with Crippen LogP contribution in [-0.4, -0.2) is 18.6 Å². The topological polar surface area (TPSA) is 37.0 Å². The summed E-state index contributed by atoms with van der Waals surface area (Å²) in [6, 6.07) is 12.0. The lowest BCUT2D eigenvalue weighted by Gasteiger charge is -2.10. The van der Waals surface area contributed by atoms with Crippen LogP contribution in [0.4, 0.5) is 0 Å². The first-order valence-corrected chi connectivity index (χ1v) is 7.97. The fraction of sp³-hybridized carbons (Fsp3) is 0.158. The molecule has 1 aliphatic rings. The van der Waals surface area contributed by atoms with E-state index in [9.17, 15) is 0 Å². The van der Waals surface area contributed by atoms with E-state index < -0.39 is 0 Å². The molecule has 4 heteroatoms. The van der Waals surface area contributed by atoms with Crippen molar-refractivity contribution in [3.8, 4) is 17.0 Å². The molecule has 2 N–H and O–H groups in total. The van der Waals surface area contributed by atoms with Crippen molar-refractivity contribution in [2.75, 3.05) is 13.7 Å². The first kappa shape index (κ1) is 14.2. The molecule has 0 fully saturated rings. The predicted molar refractivity (Wildman–Crippen MR) is 96.0 cm³/mol. The van der Waals surface area contributed by atoms with Crippen molar-refractivity contribution in [1.82, 2.24) is 10.3 Å². The van der Waals surface area contributed by atoms with E-state index >= 15 is 0 Å². The molecule has 0 saturated heterocycles. The van der Waals surface area contributed by atoms with Crippen LogP contribution in [0.15, 0.2) is 43.0 Å². The summed E-state index contributed by atoms with van der Waals surface area (Å²) in [5.41, 5.74) is 6.58. The lowest BCUT2D eigenvalue weighted by atomic mass is 9.99. The molecule has 1 aromatic heterocycles. The molecule has 2 aromatic carbocycles. The normalized spacial score (nSPS) is 13.7. The molecule has 23 heavy (non-hydrogen) atoms.